The van der Waals surface area contributed by atoms with Crippen LogP contribution in [0.4, 0.5) is 5.82 Å². The lowest BCUT2D eigenvalue weighted by Crippen LogP contribution is -2.40. The van der Waals surface area contributed by atoms with Crippen molar-refractivity contribution in [2.75, 3.05) is 38.3 Å². The van der Waals surface area contributed by atoms with Crippen LogP contribution in [-0.2, 0) is 0 Å². The molecule has 0 amide bonds. The molecule has 1 aromatic rings. The number of nitrogens with one attached hydrogen (secondary N) is 2. The number of anilines is 1. The molecule has 1 atom stereocenters. The highest BCUT2D eigenvalue weighted by atomic mass is 16.5. The van der Waals surface area contributed by atoms with Crippen LogP contribution in [0.5, 0.6) is 5.75 Å². The van der Waals surface area contributed by atoms with Gasteiger partial charge in [0, 0.05) is 19.1 Å². The maximum absolute atomic E-state index is 11.7. The summed E-state index contributed by atoms with van der Waals surface area (Å²) in [6.45, 7) is 2.14. The summed E-state index contributed by atoms with van der Waals surface area (Å²) in [6, 6.07) is 0.359. The van der Waals surface area contributed by atoms with Crippen molar-refractivity contribution < 1.29 is 9.84 Å². The molecule has 1 aliphatic heterocycles. The zero-order valence-electron chi connectivity index (χ0n) is 11.1. The van der Waals surface area contributed by atoms with Gasteiger partial charge >= 0.3 is 0 Å². The third-order valence-corrected chi connectivity index (χ3v) is 3.27. The van der Waals surface area contributed by atoms with Crippen LogP contribution in [0.25, 0.3) is 0 Å². The van der Waals surface area contributed by atoms with E-state index in [1.807, 2.05) is 4.90 Å². The standard InChI is InChI=1S/C12H20N4O3/c1-19-10-11(14-8-15-12(10)18)16(5-6-17)7-9-3-2-4-13-9/h8-9,13,17H,2-7H2,1H3,(H,14,15,18). The van der Waals surface area contributed by atoms with E-state index in [4.69, 9.17) is 4.74 Å². The monoisotopic (exact) mass is 268 g/mol. The SMILES string of the molecule is COc1c(N(CCO)CC2CCCN2)nc[nH]c1=O. The predicted molar refractivity (Wildman–Crippen MR) is 71.7 cm³/mol. The number of methoxy groups -OCH3 is 1. The normalized spacial score (nSPS) is 18.5. The van der Waals surface area contributed by atoms with Crippen LogP contribution in [0.3, 0.4) is 0 Å². The molecule has 19 heavy (non-hydrogen) atoms. The van der Waals surface area contributed by atoms with Crippen LogP contribution in [0.15, 0.2) is 11.1 Å². The number of hydrogen-bond acceptors (Lipinski definition) is 6. The fraction of sp³-hybridized carbons (Fsp3) is 0.667. The van der Waals surface area contributed by atoms with Gasteiger partial charge < -0.3 is 25.0 Å². The number of ether oxygens (including phenoxy) is 1. The number of aromatic nitrogens is 2. The second-order valence-electron chi connectivity index (χ2n) is 4.55. The van der Waals surface area contributed by atoms with E-state index in [-0.39, 0.29) is 17.9 Å². The van der Waals surface area contributed by atoms with Crippen LogP contribution >= 0.6 is 0 Å². The Balaban J connectivity index is 2.22. The van der Waals surface area contributed by atoms with Crippen molar-refractivity contribution in [1.82, 2.24) is 15.3 Å². The maximum Gasteiger partial charge on any atom is 0.295 e. The third-order valence-electron chi connectivity index (χ3n) is 3.27. The lowest BCUT2D eigenvalue weighted by atomic mass is 10.2. The Morgan fingerprint density at radius 2 is 2.47 bits per heavy atom. The largest absolute Gasteiger partial charge is 0.489 e. The van der Waals surface area contributed by atoms with Crippen molar-refractivity contribution in [2.45, 2.75) is 18.9 Å². The van der Waals surface area contributed by atoms with E-state index >= 15 is 0 Å². The van der Waals surface area contributed by atoms with Gasteiger partial charge in [-0.25, -0.2) is 4.98 Å². The molecule has 0 aromatic carbocycles. The van der Waals surface area contributed by atoms with E-state index in [1.165, 1.54) is 13.4 Å². The van der Waals surface area contributed by atoms with Gasteiger partial charge in [0.15, 0.2) is 5.82 Å². The van der Waals surface area contributed by atoms with Crippen LogP contribution in [-0.4, -0.2) is 54.5 Å². The molecule has 0 radical (unpaired) electrons. The molecule has 3 N–H and O–H groups in total. The smallest absolute Gasteiger partial charge is 0.295 e. The fourth-order valence-electron chi connectivity index (χ4n) is 2.37. The van der Waals surface area contributed by atoms with Gasteiger partial charge in [0.25, 0.3) is 5.56 Å². The Morgan fingerprint density at radius 1 is 1.63 bits per heavy atom. The Hall–Kier alpha value is -1.60. The van der Waals surface area contributed by atoms with E-state index in [1.54, 1.807) is 0 Å². The minimum Gasteiger partial charge on any atom is -0.489 e. The van der Waals surface area contributed by atoms with Gasteiger partial charge in [0.2, 0.25) is 5.75 Å². The molecule has 1 fully saturated rings. The number of H-pyrrole nitrogens is 1. The molecule has 1 aliphatic rings. The minimum atomic E-state index is -0.310. The average Bonchev–Trinajstić information content (AvgIpc) is 2.91. The minimum absolute atomic E-state index is 0.00432. The number of aliphatic hydroxyl groups excluding tert-OH is 1. The van der Waals surface area contributed by atoms with E-state index in [0.717, 1.165) is 19.4 Å². The second kappa shape index (κ2) is 6.53. The molecular formula is C12H20N4O3. The van der Waals surface area contributed by atoms with Gasteiger partial charge in [-0.1, -0.05) is 0 Å². The van der Waals surface area contributed by atoms with Crippen molar-refractivity contribution in [3.8, 4) is 5.75 Å². The van der Waals surface area contributed by atoms with E-state index in [2.05, 4.69) is 15.3 Å². The summed E-state index contributed by atoms with van der Waals surface area (Å²) < 4.78 is 5.12. The molecule has 7 heteroatoms. The fourth-order valence-corrected chi connectivity index (χ4v) is 2.37. The molecular weight excluding hydrogens is 248 g/mol. The third kappa shape index (κ3) is 3.24. The van der Waals surface area contributed by atoms with Crippen LogP contribution < -0.4 is 20.5 Å². The van der Waals surface area contributed by atoms with Crippen LogP contribution in [0, 0.1) is 0 Å². The highest BCUT2D eigenvalue weighted by Crippen LogP contribution is 2.21. The topological polar surface area (TPSA) is 90.5 Å². The van der Waals surface area contributed by atoms with E-state index < -0.39 is 0 Å². The van der Waals surface area contributed by atoms with Gasteiger partial charge in [0.05, 0.1) is 20.0 Å². The number of aliphatic hydroxyl groups is 1. The van der Waals surface area contributed by atoms with Crippen molar-refractivity contribution in [2.24, 2.45) is 0 Å². The molecule has 1 unspecified atom stereocenters. The molecule has 0 spiro atoms. The Kier molecular flexibility index (Phi) is 4.75. The number of hydrogen-bond donors (Lipinski definition) is 3. The van der Waals surface area contributed by atoms with Gasteiger partial charge in [-0.15, -0.1) is 0 Å². The highest BCUT2D eigenvalue weighted by Gasteiger charge is 2.22. The predicted octanol–water partition coefficient (Wildman–Crippen LogP) is -0.671. The Labute approximate surface area is 111 Å². The Bertz CT molecular complexity index is 457. The molecule has 2 rings (SSSR count). The molecule has 2 heterocycles. The summed E-state index contributed by atoms with van der Waals surface area (Å²) >= 11 is 0. The summed E-state index contributed by atoms with van der Waals surface area (Å²) in [4.78, 5) is 20.2. The lowest BCUT2D eigenvalue weighted by molar-refractivity contribution is 0.299. The molecule has 0 bridgehead atoms. The first-order chi connectivity index (χ1) is 9.26. The number of aromatic amines is 1. The molecule has 0 saturated carbocycles. The summed E-state index contributed by atoms with van der Waals surface area (Å²) in [5.74, 6) is 0.669. The number of rotatable bonds is 6. The maximum atomic E-state index is 11.7. The zero-order chi connectivity index (χ0) is 13.7. The molecule has 0 aliphatic carbocycles. The quantitative estimate of drug-likeness (QED) is 0.634. The summed E-state index contributed by atoms with van der Waals surface area (Å²) in [5, 5.41) is 12.6. The van der Waals surface area contributed by atoms with Gasteiger partial charge in [-0.3, -0.25) is 4.79 Å². The first-order valence-corrected chi connectivity index (χ1v) is 6.47. The van der Waals surface area contributed by atoms with Crippen LogP contribution in [0.1, 0.15) is 12.8 Å². The van der Waals surface area contributed by atoms with Crippen LogP contribution in [0.2, 0.25) is 0 Å². The molecule has 1 saturated heterocycles. The second-order valence-corrected chi connectivity index (χ2v) is 4.55. The lowest BCUT2D eigenvalue weighted by Gasteiger charge is -2.26. The Morgan fingerprint density at radius 3 is 3.11 bits per heavy atom. The van der Waals surface area contributed by atoms with E-state index in [9.17, 15) is 9.90 Å². The summed E-state index contributed by atoms with van der Waals surface area (Å²) in [7, 11) is 1.45. The molecule has 7 nitrogen and oxygen atoms in total. The highest BCUT2D eigenvalue weighted by molar-refractivity contribution is 5.50. The van der Waals surface area contributed by atoms with Gasteiger partial charge in [0.1, 0.15) is 0 Å². The summed E-state index contributed by atoms with van der Waals surface area (Å²) in [6.07, 6.45) is 3.59. The van der Waals surface area contributed by atoms with Crippen molar-refractivity contribution in [3.63, 3.8) is 0 Å². The zero-order valence-corrected chi connectivity index (χ0v) is 11.1. The average molecular weight is 268 g/mol. The summed E-state index contributed by atoms with van der Waals surface area (Å²) in [5.41, 5.74) is -0.310. The molecule has 106 valence electrons. The van der Waals surface area contributed by atoms with Crippen molar-refractivity contribution in [3.05, 3.63) is 16.7 Å². The van der Waals surface area contributed by atoms with E-state index in [0.29, 0.717) is 24.9 Å². The number of nitrogens with zero attached hydrogens (tertiary/aromatic N) is 2. The van der Waals surface area contributed by atoms with Crippen molar-refractivity contribution >= 4 is 5.82 Å². The van der Waals surface area contributed by atoms with Gasteiger partial charge in [-0.05, 0) is 19.4 Å². The first kappa shape index (κ1) is 13.8. The van der Waals surface area contributed by atoms with Gasteiger partial charge in [-0.2, -0.15) is 0 Å². The van der Waals surface area contributed by atoms with Crippen molar-refractivity contribution in [1.29, 1.82) is 0 Å². The molecule has 1 aromatic heterocycles. The first-order valence-electron chi connectivity index (χ1n) is 6.47.